The number of carbonyl (C=O) groups excluding carboxylic acids is 1. The van der Waals surface area contributed by atoms with Crippen molar-refractivity contribution in [3.05, 3.63) is 52.4 Å². The summed E-state index contributed by atoms with van der Waals surface area (Å²) in [7, 11) is 0. The quantitative estimate of drug-likeness (QED) is 0.806. The first-order valence-electron chi connectivity index (χ1n) is 10.1. The molecule has 2 aliphatic heterocycles. The highest BCUT2D eigenvalue weighted by Gasteiger charge is 2.45. The van der Waals surface area contributed by atoms with Crippen LogP contribution in [0.4, 0.5) is 0 Å². The molecule has 1 aliphatic carbocycles. The molecule has 3 heterocycles. The third-order valence-electron chi connectivity index (χ3n) is 6.67. The van der Waals surface area contributed by atoms with Crippen LogP contribution in [0.5, 0.6) is 0 Å². The molecule has 2 saturated heterocycles. The van der Waals surface area contributed by atoms with Crippen LogP contribution >= 0.6 is 0 Å². The van der Waals surface area contributed by atoms with Crippen molar-refractivity contribution < 1.29 is 9.32 Å². The van der Waals surface area contributed by atoms with Crippen LogP contribution in [0.3, 0.4) is 0 Å². The molecule has 0 unspecified atom stereocenters. The van der Waals surface area contributed by atoms with Gasteiger partial charge in [0.05, 0.1) is 0 Å². The average molecular weight is 350 g/mol. The van der Waals surface area contributed by atoms with Crippen LogP contribution < -0.4 is 0 Å². The molecule has 4 nitrogen and oxygen atoms in total. The highest BCUT2D eigenvalue weighted by atomic mass is 16.5. The Kier molecular flexibility index (Phi) is 3.87. The standard InChI is InChI=1S/C22H26N2O2/c1-14-6-8-15(9-7-14)16-12-17-10-11-18(13-16)24(17)22(25)21-19-4-2-3-5-20(19)26-23-21/h6-9,16-18H,2-5,10-13H2,1H3/t17-,18-/m0/s1. The number of hydrogen-bond acceptors (Lipinski definition) is 3. The third-order valence-corrected chi connectivity index (χ3v) is 6.67. The fraction of sp³-hybridized carbons (Fsp3) is 0.545. The van der Waals surface area contributed by atoms with Gasteiger partial charge in [-0.15, -0.1) is 0 Å². The van der Waals surface area contributed by atoms with Crippen molar-refractivity contribution in [2.24, 2.45) is 0 Å². The second-order valence-electron chi connectivity index (χ2n) is 8.32. The molecule has 1 amide bonds. The lowest BCUT2D eigenvalue weighted by atomic mass is 9.84. The number of fused-ring (bicyclic) bond motifs is 3. The summed E-state index contributed by atoms with van der Waals surface area (Å²) in [4.78, 5) is 15.4. The Morgan fingerprint density at radius 2 is 1.77 bits per heavy atom. The summed E-state index contributed by atoms with van der Waals surface area (Å²) < 4.78 is 5.49. The maximum atomic E-state index is 13.3. The third kappa shape index (κ3) is 2.58. The maximum Gasteiger partial charge on any atom is 0.276 e. The Labute approximate surface area is 154 Å². The monoisotopic (exact) mass is 350 g/mol. The van der Waals surface area contributed by atoms with Crippen LogP contribution in [0.25, 0.3) is 0 Å². The van der Waals surface area contributed by atoms with Crippen LogP contribution in [-0.4, -0.2) is 28.0 Å². The number of hydrogen-bond donors (Lipinski definition) is 0. The zero-order chi connectivity index (χ0) is 17.7. The smallest absolute Gasteiger partial charge is 0.276 e. The summed E-state index contributed by atoms with van der Waals surface area (Å²) in [5, 5.41) is 4.19. The van der Waals surface area contributed by atoms with E-state index in [-0.39, 0.29) is 5.91 Å². The van der Waals surface area contributed by atoms with E-state index in [2.05, 4.69) is 41.2 Å². The van der Waals surface area contributed by atoms with Gasteiger partial charge in [0.15, 0.2) is 5.69 Å². The molecule has 26 heavy (non-hydrogen) atoms. The number of amides is 1. The minimum atomic E-state index is 0.117. The summed E-state index contributed by atoms with van der Waals surface area (Å²) >= 11 is 0. The molecule has 2 bridgehead atoms. The van der Waals surface area contributed by atoms with E-state index in [0.717, 1.165) is 62.7 Å². The first kappa shape index (κ1) is 16.1. The minimum absolute atomic E-state index is 0.117. The lowest BCUT2D eigenvalue weighted by Gasteiger charge is -2.39. The van der Waals surface area contributed by atoms with Crippen molar-refractivity contribution in [1.82, 2.24) is 10.1 Å². The number of nitrogens with zero attached hydrogens (tertiary/aromatic N) is 2. The topological polar surface area (TPSA) is 46.3 Å². The zero-order valence-electron chi connectivity index (χ0n) is 15.4. The van der Waals surface area contributed by atoms with Gasteiger partial charge in [-0.1, -0.05) is 35.0 Å². The van der Waals surface area contributed by atoms with E-state index in [9.17, 15) is 4.79 Å². The lowest BCUT2D eigenvalue weighted by Crippen LogP contribution is -2.46. The van der Waals surface area contributed by atoms with Crippen molar-refractivity contribution in [1.29, 1.82) is 0 Å². The van der Waals surface area contributed by atoms with Crippen molar-refractivity contribution >= 4 is 5.91 Å². The normalized spacial score (nSPS) is 27.4. The molecule has 0 N–H and O–H groups in total. The number of carbonyl (C=O) groups is 1. The van der Waals surface area contributed by atoms with Gasteiger partial charge in [-0.2, -0.15) is 0 Å². The van der Waals surface area contributed by atoms with Gasteiger partial charge in [-0.25, -0.2) is 0 Å². The van der Waals surface area contributed by atoms with E-state index in [4.69, 9.17) is 4.52 Å². The van der Waals surface area contributed by atoms with Crippen molar-refractivity contribution in [3.63, 3.8) is 0 Å². The van der Waals surface area contributed by atoms with Crippen molar-refractivity contribution in [3.8, 4) is 0 Å². The second-order valence-corrected chi connectivity index (χ2v) is 8.32. The van der Waals surface area contributed by atoms with Crippen LogP contribution in [-0.2, 0) is 12.8 Å². The number of aromatic nitrogens is 1. The fourth-order valence-corrected chi connectivity index (χ4v) is 5.29. The molecular weight excluding hydrogens is 324 g/mol. The van der Waals surface area contributed by atoms with Gasteiger partial charge in [0.1, 0.15) is 5.76 Å². The molecule has 3 aliphatic rings. The van der Waals surface area contributed by atoms with Gasteiger partial charge < -0.3 is 9.42 Å². The minimum Gasteiger partial charge on any atom is -0.360 e. The predicted octanol–water partition coefficient (Wildman–Crippen LogP) is 4.41. The Bertz CT molecular complexity index is 809. The predicted molar refractivity (Wildman–Crippen MR) is 99.3 cm³/mol. The van der Waals surface area contributed by atoms with Crippen LogP contribution in [0.1, 0.15) is 77.4 Å². The van der Waals surface area contributed by atoms with Crippen molar-refractivity contribution in [2.45, 2.75) is 76.3 Å². The maximum absolute atomic E-state index is 13.3. The highest BCUT2D eigenvalue weighted by molar-refractivity contribution is 5.94. The van der Waals surface area contributed by atoms with Gasteiger partial charge in [-0.3, -0.25) is 4.79 Å². The van der Waals surface area contributed by atoms with Gasteiger partial charge >= 0.3 is 0 Å². The number of piperidine rings is 1. The Morgan fingerprint density at radius 1 is 1.08 bits per heavy atom. The first-order valence-corrected chi connectivity index (χ1v) is 10.1. The molecule has 1 aromatic heterocycles. The van der Waals surface area contributed by atoms with Crippen LogP contribution in [0.15, 0.2) is 28.8 Å². The van der Waals surface area contributed by atoms with Crippen LogP contribution in [0.2, 0.25) is 0 Å². The van der Waals surface area contributed by atoms with E-state index in [1.54, 1.807) is 0 Å². The van der Waals surface area contributed by atoms with E-state index >= 15 is 0 Å². The van der Waals surface area contributed by atoms with E-state index in [1.165, 1.54) is 11.1 Å². The lowest BCUT2D eigenvalue weighted by molar-refractivity contribution is 0.0560. The highest BCUT2D eigenvalue weighted by Crippen LogP contribution is 2.44. The fourth-order valence-electron chi connectivity index (χ4n) is 5.29. The molecule has 0 radical (unpaired) electrons. The van der Waals surface area contributed by atoms with Gasteiger partial charge in [-0.05, 0) is 63.4 Å². The number of aryl methyl sites for hydroxylation is 2. The molecule has 2 aromatic rings. The Balaban J connectivity index is 1.38. The number of benzene rings is 1. The zero-order valence-corrected chi connectivity index (χ0v) is 15.4. The Morgan fingerprint density at radius 3 is 2.50 bits per heavy atom. The van der Waals surface area contributed by atoms with Gasteiger partial charge in [0, 0.05) is 24.1 Å². The molecule has 0 saturated carbocycles. The van der Waals surface area contributed by atoms with E-state index in [0.29, 0.717) is 23.7 Å². The van der Waals surface area contributed by atoms with Crippen molar-refractivity contribution in [2.75, 3.05) is 0 Å². The van der Waals surface area contributed by atoms with E-state index < -0.39 is 0 Å². The summed E-state index contributed by atoms with van der Waals surface area (Å²) in [5.41, 5.74) is 4.42. The van der Waals surface area contributed by atoms with Crippen LogP contribution in [0, 0.1) is 6.92 Å². The molecule has 0 spiro atoms. The first-order chi connectivity index (χ1) is 12.7. The largest absolute Gasteiger partial charge is 0.360 e. The molecule has 4 heteroatoms. The molecule has 1 aromatic carbocycles. The SMILES string of the molecule is Cc1ccc(C2C[C@@H]3CC[C@@H](C2)N3C(=O)c2noc3c2CCCC3)cc1. The van der Waals surface area contributed by atoms with Gasteiger partial charge in [0.25, 0.3) is 5.91 Å². The molecule has 2 fully saturated rings. The number of rotatable bonds is 2. The second kappa shape index (κ2) is 6.26. The Hall–Kier alpha value is -2.10. The summed E-state index contributed by atoms with van der Waals surface area (Å²) in [6, 6.07) is 9.65. The molecule has 5 rings (SSSR count). The van der Waals surface area contributed by atoms with Gasteiger partial charge in [0.2, 0.25) is 0 Å². The summed E-state index contributed by atoms with van der Waals surface area (Å²) in [5.74, 6) is 1.64. The molecule has 2 atom stereocenters. The molecular formula is C22H26N2O2. The van der Waals surface area contributed by atoms with E-state index in [1.807, 2.05) is 0 Å². The summed E-state index contributed by atoms with van der Waals surface area (Å²) in [6.45, 7) is 2.13. The average Bonchev–Trinajstić information content (AvgIpc) is 3.20. The molecule has 136 valence electrons. The summed E-state index contributed by atoms with van der Waals surface area (Å²) in [6.07, 6.45) is 8.54.